The van der Waals surface area contributed by atoms with Gasteiger partial charge in [0.25, 0.3) is 5.91 Å². The minimum absolute atomic E-state index is 0.212. The molecule has 0 saturated heterocycles. The second kappa shape index (κ2) is 6.16. The predicted molar refractivity (Wildman–Crippen MR) is 79.6 cm³/mol. The minimum Gasteiger partial charge on any atom is -0.485 e. The van der Waals surface area contributed by atoms with Gasteiger partial charge in [0.2, 0.25) is 6.10 Å². The second-order valence-corrected chi connectivity index (χ2v) is 5.59. The Morgan fingerprint density at radius 2 is 2.10 bits per heavy atom. The largest absolute Gasteiger partial charge is 0.485 e. The number of fused-ring (bicyclic) bond motifs is 1. The number of nitrogens with zero attached hydrogens (tertiary/aromatic N) is 1. The number of hydrazone groups is 1. The number of para-hydroxylation sites is 2. The standard InChI is InChI=1S/C16H20N2O3/c1-11-6-2-3-7-12(11)17-18-16(19)15-10-20-13-8-4-5-9-14(13)21-15/h4-5,8-9,11,15H,2-3,6-7,10H2,1H3,(H,18,19)/b17-12-/t11-,15-/m0/s1. The van der Waals surface area contributed by atoms with Gasteiger partial charge in [-0.3, -0.25) is 4.79 Å². The van der Waals surface area contributed by atoms with Gasteiger partial charge in [-0.25, -0.2) is 5.43 Å². The molecule has 2 atom stereocenters. The average molecular weight is 288 g/mol. The first-order chi connectivity index (χ1) is 10.2. The molecule has 21 heavy (non-hydrogen) atoms. The highest BCUT2D eigenvalue weighted by atomic mass is 16.6. The molecular weight excluding hydrogens is 268 g/mol. The SMILES string of the molecule is C[C@H]1CCCC/C1=N/NC(=O)[C@@H]1COc2ccccc2O1. The molecule has 0 radical (unpaired) electrons. The highest BCUT2D eigenvalue weighted by Crippen LogP contribution is 2.30. The van der Waals surface area contributed by atoms with E-state index in [-0.39, 0.29) is 12.5 Å². The number of hydrogen-bond donors (Lipinski definition) is 1. The first-order valence-corrected chi connectivity index (χ1v) is 7.49. The van der Waals surface area contributed by atoms with Crippen molar-refractivity contribution in [1.29, 1.82) is 0 Å². The summed E-state index contributed by atoms with van der Waals surface area (Å²) >= 11 is 0. The number of amides is 1. The average Bonchev–Trinajstić information content (AvgIpc) is 2.53. The summed E-state index contributed by atoms with van der Waals surface area (Å²) < 4.78 is 11.2. The minimum atomic E-state index is -0.650. The fourth-order valence-corrected chi connectivity index (χ4v) is 2.68. The normalized spacial score (nSPS) is 26.4. The molecule has 0 bridgehead atoms. The number of ether oxygens (including phenoxy) is 2. The smallest absolute Gasteiger partial charge is 0.284 e. The molecule has 1 aliphatic heterocycles. The number of rotatable bonds is 2. The zero-order valence-electron chi connectivity index (χ0n) is 12.2. The summed E-state index contributed by atoms with van der Waals surface area (Å²) in [6.07, 6.45) is 3.85. The van der Waals surface area contributed by atoms with Gasteiger partial charge in [-0.05, 0) is 37.3 Å². The summed E-state index contributed by atoms with van der Waals surface area (Å²) in [5, 5.41) is 4.28. The van der Waals surface area contributed by atoms with Crippen molar-refractivity contribution in [2.75, 3.05) is 6.61 Å². The Labute approximate surface area is 124 Å². The molecule has 0 aromatic heterocycles. The van der Waals surface area contributed by atoms with E-state index in [1.807, 2.05) is 18.2 Å². The fourth-order valence-electron chi connectivity index (χ4n) is 2.68. The molecule has 1 aromatic carbocycles. The summed E-state index contributed by atoms with van der Waals surface area (Å²) in [5.41, 5.74) is 3.70. The van der Waals surface area contributed by atoms with E-state index < -0.39 is 6.10 Å². The molecule has 112 valence electrons. The first-order valence-electron chi connectivity index (χ1n) is 7.49. The van der Waals surface area contributed by atoms with E-state index in [4.69, 9.17) is 9.47 Å². The summed E-state index contributed by atoms with van der Waals surface area (Å²) in [5.74, 6) is 1.47. The van der Waals surface area contributed by atoms with Gasteiger partial charge >= 0.3 is 0 Å². The van der Waals surface area contributed by atoms with Gasteiger partial charge in [-0.1, -0.05) is 25.5 Å². The van der Waals surface area contributed by atoms with Crippen LogP contribution >= 0.6 is 0 Å². The van der Waals surface area contributed by atoms with Gasteiger partial charge in [0.1, 0.15) is 6.61 Å². The number of carbonyl (C=O) groups is 1. The Bertz CT molecular complexity index is 556. The Morgan fingerprint density at radius 3 is 2.90 bits per heavy atom. The highest BCUT2D eigenvalue weighted by Gasteiger charge is 2.27. The molecule has 0 unspecified atom stereocenters. The molecule has 1 fully saturated rings. The van der Waals surface area contributed by atoms with E-state index in [0.29, 0.717) is 17.4 Å². The van der Waals surface area contributed by atoms with E-state index in [9.17, 15) is 4.79 Å². The number of nitrogens with one attached hydrogen (secondary N) is 1. The third kappa shape index (κ3) is 3.17. The molecule has 5 nitrogen and oxygen atoms in total. The predicted octanol–water partition coefficient (Wildman–Crippen LogP) is 2.51. The molecule has 0 spiro atoms. The fraction of sp³-hybridized carbons (Fsp3) is 0.500. The van der Waals surface area contributed by atoms with Crippen LogP contribution in [-0.4, -0.2) is 24.3 Å². The summed E-state index contributed by atoms with van der Waals surface area (Å²) in [7, 11) is 0. The molecular formula is C16H20N2O3. The molecule has 2 aliphatic rings. The van der Waals surface area contributed by atoms with E-state index in [1.165, 1.54) is 6.42 Å². The molecule has 1 N–H and O–H groups in total. The van der Waals surface area contributed by atoms with E-state index in [2.05, 4.69) is 17.5 Å². The molecule has 5 heteroatoms. The number of carbonyl (C=O) groups excluding carboxylic acids is 1. The van der Waals surface area contributed by atoms with Crippen molar-refractivity contribution < 1.29 is 14.3 Å². The Kier molecular flexibility index (Phi) is 4.08. The summed E-state index contributed by atoms with van der Waals surface area (Å²) in [4.78, 5) is 12.1. The van der Waals surface area contributed by atoms with Crippen molar-refractivity contribution in [1.82, 2.24) is 5.43 Å². The lowest BCUT2D eigenvalue weighted by Crippen LogP contribution is -2.42. The Morgan fingerprint density at radius 1 is 1.29 bits per heavy atom. The molecule has 1 amide bonds. The van der Waals surface area contributed by atoms with Crippen LogP contribution in [0.5, 0.6) is 11.5 Å². The van der Waals surface area contributed by atoms with Gasteiger partial charge in [0, 0.05) is 5.71 Å². The van der Waals surface area contributed by atoms with Crippen LogP contribution in [0.3, 0.4) is 0 Å². The van der Waals surface area contributed by atoms with Crippen molar-refractivity contribution in [2.24, 2.45) is 11.0 Å². The van der Waals surface area contributed by atoms with Gasteiger partial charge in [-0.2, -0.15) is 5.10 Å². The maximum atomic E-state index is 12.1. The molecule has 1 saturated carbocycles. The van der Waals surface area contributed by atoms with Gasteiger partial charge in [0.05, 0.1) is 0 Å². The lowest BCUT2D eigenvalue weighted by atomic mass is 9.89. The molecule has 1 aliphatic carbocycles. The van der Waals surface area contributed by atoms with Crippen molar-refractivity contribution in [3.05, 3.63) is 24.3 Å². The van der Waals surface area contributed by atoms with Crippen molar-refractivity contribution in [3.63, 3.8) is 0 Å². The van der Waals surface area contributed by atoms with Crippen LogP contribution in [-0.2, 0) is 4.79 Å². The maximum Gasteiger partial charge on any atom is 0.284 e. The molecule has 3 rings (SSSR count). The number of hydrogen-bond acceptors (Lipinski definition) is 4. The molecule has 1 aromatic rings. The van der Waals surface area contributed by atoms with E-state index in [1.54, 1.807) is 6.07 Å². The van der Waals surface area contributed by atoms with Gasteiger partial charge in [0.15, 0.2) is 11.5 Å². The maximum absolute atomic E-state index is 12.1. The Balaban J connectivity index is 1.60. The first kappa shape index (κ1) is 13.9. The quantitative estimate of drug-likeness (QED) is 0.851. The number of benzene rings is 1. The monoisotopic (exact) mass is 288 g/mol. The van der Waals surface area contributed by atoms with Crippen LogP contribution in [0.25, 0.3) is 0 Å². The van der Waals surface area contributed by atoms with Crippen LogP contribution in [0, 0.1) is 5.92 Å². The lowest BCUT2D eigenvalue weighted by Gasteiger charge is -2.25. The van der Waals surface area contributed by atoms with Crippen LogP contribution in [0.1, 0.15) is 32.6 Å². The topological polar surface area (TPSA) is 59.9 Å². The second-order valence-electron chi connectivity index (χ2n) is 5.59. The lowest BCUT2D eigenvalue weighted by molar-refractivity contribution is -0.130. The van der Waals surface area contributed by atoms with Crippen molar-refractivity contribution in [3.8, 4) is 11.5 Å². The Hall–Kier alpha value is -2.04. The van der Waals surface area contributed by atoms with Gasteiger partial charge in [-0.15, -0.1) is 0 Å². The van der Waals surface area contributed by atoms with E-state index in [0.717, 1.165) is 25.0 Å². The van der Waals surface area contributed by atoms with Crippen LogP contribution in [0.4, 0.5) is 0 Å². The summed E-state index contributed by atoms with van der Waals surface area (Å²) in [6.45, 7) is 2.36. The third-order valence-electron chi connectivity index (χ3n) is 4.00. The van der Waals surface area contributed by atoms with Gasteiger partial charge < -0.3 is 9.47 Å². The van der Waals surface area contributed by atoms with Crippen molar-refractivity contribution in [2.45, 2.75) is 38.7 Å². The highest BCUT2D eigenvalue weighted by molar-refractivity contribution is 5.89. The zero-order valence-corrected chi connectivity index (χ0v) is 12.2. The van der Waals surface area contributed by atoms with Crippen LogP contribution in [0.15, 0.2) is 29.4 Å². The van der Waals surface area contributed by atoms with E-state index >= 15 is 0 Å². The van der Waals surface area contributed by atoms with Crippen molar-refractivity contribution >= 4 is 11.6 Å². The van der Waals surface area contributed by atoms with Crippen LogP contribution in [0.2, 0.25) is 0 Å². The van der Waals surface area contributed by atoms with Crippen LogP contribution < -0.4 is 14.9 Å². The molecule has 1 heterocycles. The zero-order chi connectivity index (χ0) is 14.7. The third-order valence-corrected chi connectivity index (χ3v) is 4.00. The summed E-state index contributed by atoms with van der Waals surface area (Å²) in [6, 6.07) is 7.35.